The number of hydrogen-bond donors (Lipinski definition) is 1. The smallest absolute Gasteiger partial charge is 0.331 e. The Balaban J connectivity index is 1.66. The van der Waals surface area contributed by atoms with E-state index in [9.17, 15) is 9.59 Å². The van der Waals surface area contributed by atoms with Crippen LogP contribution in [0.25, 0.3) is 17.0 Å². The van der Waals surface area contributed by atoms with Crippen molar-refractivity contribution in [2.75, 3.05) is 27.9 Å². The Morgan fingerprint density at radius 2 is 1.69 bits per heavy atom. The average molecular weight is 395 g/mol. The third-order valence-corrected chi connectivity index (χ3v) is 4.33. The molecule has 29 heavy (non-hydrogen) atoms. The maximum atomic E-state index is 12.4. The first-order valence-corrected chi connectivity index (χ1v) is 8.81. The summed E-state index contributed by atoms with van der Waals surface area (Å²) in [6.07, 6.45) is 4.40. The van der Waals surface area contributed by atoms with E-state index < -0.39 is 5.97 Å². The number of hydrogen-bond acceptors (Lipinski definition) is 6. The molecule has 7 heteroatoms. The second-order valence-electron chi connectivity index (χ2n) is 6.07. The number of fused-ring (bicyclic) bond motifs is 1. The van der Waals surface area contributed by atoms with Crippen molar-refractivity contribution in [1.82, 2.24) is 4.98 Å². The lowest BCUT2D eigenvalue weighted by Crippen LogP contribution is -2.12. The Labute approximate surface area is 167 Å². The van der Waals surface area contributed by atoms with E-state index in [1.807, 2.05) is 24.3 Å². The molecule has 0 saturated heterocycles. The van der Waals surface area contributed by atoms with Crippen LogP contribution < -0.4 is 14.2 Å². The normalized spacial score (nSPS) is 10.9. The molecule has 0 bridgehead atoms. The van der Waals surface area contributed by atoms with E-state index in [1.165, 1.54) is 27.4 Å². The number of esters is 1. The molecule has 1 heterocycles. The van der Waals surface area contributed by atoms with Crippen molar-refractivity contribution in [2.45, 2.75) is 0 Å². The zero-order valence-corrected chi connectivity index (χ0v) is 16.4. The Morgan fingerprint density at radius 3 is 2.34 bits per heavy atom. The number of carbonyl (C=O) groups excluding carboxylic acids is 2. The topological polar surface area (TPSA) is 86.9 Å². The van der Waals surface area contributed by atoms with Crippen LogP contribution in [0.4, 0.5) is 0 Å². The predicted octanol–water partition coefficient (Wildman–Crippen LogP) is 3.63. The maximum Gasteiger partial charge on any atom is 0.331 e. The van der Waals surface area contributed by atoms with Crippen LogP contribution in [0.5, 0.6) is 17.2 Å². The molecule has 0 unspecified atom stereocenters. The number of ether oxygens (including phenoxy) is 4. The highest BCUT2D eigenvalue weighted by atomic mass is 16.5. The molecule has 3 rings (SSSR count). The molecule has 3 aromatic rings. The van der Waals surface area contributed by atoms with Gasteiger partial charge in [0.15, 0.2) is 18.1 Å². The summed E-state index contributed by atoms with van der Waals surface area (Å²) in [6.45, 7) is -0.347. The number of ketones is 1. The molecule has 0 atom stereocenters. The molecule has 0 saturated carbocycles. The van der Waals surface area contributed by atoms with Crippen LogP contribution in [0.1, 0.15) is 15.9 Å². The number of Topliss-reactive ketones (excluding diaryl/α,β-unsaturated/α-hetero) is 1. The number of aromatic amines is 1. The van der Waals surface area contributed by atoms with Gasteiger partial charge in [-0.25, -0.2) is 4.79 Å². The predicted molar refractivity (Wildman–Crippen MR) is 109 cm³/mol. The number of aromatic nitrogens is 1. The lowest BCUT2D eigenvalue weighted by Gasteiger charge is -2.12. The molecule has 0 aliphatic rings. The van der Waals surface area contributed by atoms with E-state index >= 15 is 0 Å². The second-order valence-corrected chi connectivity index (χ2v) is 6.07. The molecule has 1 aromatic heterocycles. The Hall–Kier alpha value is -3.74. The molecule has 0 spiro atoms. The van der Waals surface area contributed by atoms with Crippen molar-refractivity contribution >= 4 is 28.7 Å². The van der Waals surface area contributed by atoms with Gasteiger partial charge in [-0.15, -0.1) is 0 Å². The Bertz CT molecular complexity index is 1040. The minimum absolute atomic E-state index is 0.281. The number of para-hydroxylation sites is 1. The highest BCUT2D eigenvalue weighted by molar-refractivity contribution is 6.09. The number of nitrogens with one attached hydrogen (secondary N) is 1. The monoisotopic (exact) mass is 395 g/mol. The number of rotatable bonds is 8. The van der Waals surface area contributed by atoms with Gasteiger partial charge in [-0.05, 0) is 29.8 Å². The van der Waals surface area contributed by atoms with Crippen LogP contribution in [-0.4, -0.2) is 44.7 Å². The van der Waals surface area contributed by atoms with Crippen LogP contribution in [0, 0.1) is 0 Å². The summed E-state index contributed by atoms with van der Waals surface area (Å²) < 4.78 is 20.9. The number of methoxy groups -OCH3 is 3. The quantitative estimate of drug-likeness (QED) is 0.356. The number of carbonyl (C=O) groups is 2. The highest BCUT2D eigenvalue weighted by Crippen LogP contribution is 2.38. The summed E-state index contributed by atoms with van der Waals surface area (Å²) in [5, 5.41) is 0.793. The largest absolute Gasteiger partial charge is 0.493 e. The molecule has 0 radical (unpaired) electrons. The van der Waals surface area contributed by atoms with E-state index in [0.717, 1.165) is 10.9 Å². The average Bonchev–Trinajstić information content (AvgIpc) is 3.19. The van der Waals surface area contributed by atoms with Gasteiger partial charge in [-0.1, -0.05) is 18.2 Å². The molecule has 150 valence electrons. The van der Waals surface area contributed by atoms with Gasteiger partial charge in [-0.3, -0.25) is 4.79 Å². The van der Waals surface area contributed by atoms with Crippen LogP contribution in [0.3, 0.4) is 0 Å². The van der Waals surface area contributed by atoms with Gasteiger partial charge in [0, 0.05) is 28.7 Å². The van der Waals surface area contributed by atoms with E-state index in [2.05, 4.69) is 4.98 Å². The van der Waals surface area contributed by atoms with Crippen molar-refractivity contribution in [3.8, 4) is 17.2 Å². The van der Waals surface area contributed by atoms with Gasteiger partial charge < -0.3 is 23.9 Å². The minimum Gasteiger partial charge on any atom is -0.493 e. The van der Waals surface area contributed by atoms with E-state index in [-0.39, 0.29) is 12.4 Å². The van der Waals surface area contributed by atoms with E-state index in [0.29, 0.717) is 28.4 Å². The SMILES string of the molecule is COc1cc(C=CC(=O)OCC(=O)c2c[nH]c3ccccc23)cc(OC)c1OC. The zero-order valence-electron chi connectivity index (χ0n) is 16.4. The van der Waals surface area contributed by atoms with Crippen molar-refractivity contribution in [2.24, 2.45) is 0 Å². The van der Waals surface area contributed by atoms with Crippen molar-refractivity contribution in [3.63, 3.8) is 0 Å². The first-order chi connectivity index (χ1) is 14.1. The van der Waals surface area contributed by atoms with E-state index in [4.69, 9.17) is 18.9 Å². The van der Waals surface area contributed by atoms with Gasteiger partial charge in [0.25, 0.3) is 0 Å². The van der Waals surface area contributed by atoms with Gasteiger partial charge in [0.2, 0.25) is 11.5 Å². The molecule has 0 amide bonds. The van der Waals surface area contributed by atoms with Crippen LogP contribution in [-0.2, 0) is 9.53 Å². The Kier molecular flexibility index (Phi) is 6.19. The van der Waals surface area contributed by atoms with Crippen LogP contribution >= 0.6 is 0 Å². The fourth-order valence-corrected chi connectivity index (χ4v) is 2.93. The first-order valence-electron chi connectivity index (χ1n) is 8.81. The summed E-state index contributed by atoms with van der Waals surface area (Å²) in [4.78, 5) is 27.4. The fourth-order valence-electron chi connectivity index (χ4n) is 2.93. The van der Waals surface area contributed by atoms with Gasteiger partial charge in [0.05, 0.1) is 21.3 Å². The third kappa shape index (κ3) is 4.40. The van der Waals surface area contributed by atoms with E-state index in [1.54, 1.807) is 24.4 Å². The molecule has 2 aromatic carbocycles. The number of H-pyrrole nitrogens is 1. The third-order valence-electron chi connectivity index (χ3n) is 4.33. The molecule has 1 N–H and O–H groups in total. The molecule has 0 aliphatic heterocycles. The molecular weight excluding hydrogens is 374 g/mol. The van der Waals surface area contributed by atoms with Gasteiger partial charge in [0.1, 0.15) is 0 Å². The first kappa shape index (κ1) is 20.0. The second kappa shape index (κ2) is 8.97. The van der Waals surface area contributed by atoms with Gasteiger partial charge >= 0.3 is 5.97 Å². The summed E-state index contributed by atoms with van der Waals surface area (Å²) >= 11 is 0. The highest BCUT2D eigenvalue weighted by Gasteiger charge is 2.14. The summed E-state index contributed by atoms with van der Waals surface area (Å²) in [6, 6.07) is 10.8. The lowest BCUT2D eigenvalue weighted by molar-refractivity contribution is -0.136. The number of benzene rings is 2. The van der Waals surface area contributed by atoms with Crippen LogP contribution in [0.2, 0.25) is 0 Å². The molecular formula is C22H21NO6. The zero-order chi connectivity index (χ0) is 20.8. The Morgan fingerprint density at radius 1 is 1.00 bits per heavy atom. The molecule has 0 aliphatic carbocycles. The van der Waals surface area contributed by atoms with Crippen molar-refractivity contribution in [3.05, 3.63) is 59.8 Å². The summed E-state index contributed by atoms with van der Waals surface area (Å²) in [5.41, 5.74) is 1.99. The molecule has 7 nitrogen and oxygen atoms in total. The summed E-state index contributed by atoms with van der Waals surface area (Å²) in [5.74, 6) is 0.478. The maximum absolute atomic E-state index is 12.4. The fraction of sp³-hybridized carbons (Fsp3) is 0.182. The standard InChI is InChI=1S/C22H21NO6/c1-26-19-10-14(11-20(27-2)22(19)28-3)8-9-21(25)29-13-18(24)16-12-23-17-7-5-4-6-15(16)17/h4-12,23H,13H2,1-3H3. The van der Waals surface area contributed by atoms with Crippen molar-refractivity contribution < 1.29 is 28.5 Å². The van der Waals surface area contributed by atoms with Gasteiger partial charge in [-0.2, -0.15) is 0 Å². The lowest BCUT2D eigenvalue weighted by atomic mass is 10.1. The van der Waals surface area contributed by atoms with Crippen molar-refractivity contribution in [1.29, 1.82) is 0 Å². The summed E-state index contributed by atoms with van der Waals surface area (Å²) in [7, 11) is 4.53. The van der Waals surface area contributed by atoms with Crippen LogP contribution in [0.15, 0.2) is 48.7 Å². The minimum atomic E-state index is -0.632. The molecule has 0 fully saturated rings.